The van der Waals surface area contributed by atoms with Crippen molar-refractivity contribution in [3.05, 3.63) is 81.5 Å². The number of nitrogens with zero attached hydrogens (tertiary/aromatic N) is 4. The van der Waals surface area contributed by atoms with E-state index in [1.54, 1.807) is 11.3 Å². The summed E-state index contributed by atoms with van der Waals surface area (Å²) in [5.41, 5.74) is 3.02. The lowest BCUT2D eigenvalue weighted by molar-refractivity contribution is 0.699. The number of aryl methyl sites for hydroxylation is 2. The Morgan fingerprint density at radius 1 is 0.897 bits per heavy atom. The summed E-state index contributed by atoms with van der Waals surface area (Å²) in [7, 11) is 0. The summed E-state index contributed by atoms with van der Waals surface area (Å²) in [6, 6.07) is 20.0. The third kappa shape index (κ3) is 2.49. The first-order chi connectivity index (χ1) is 14.3. The summed E-state index contributed by atoms with van der Waals surface area (Å²) in [6.45, 7) is 0. The van der Waals surface area contributed by atoms with Gasteiger partial charge in [-0.05, 0) is 43.4 Å². The first-order valence-electron chi connectivity index (χ1n) is 9.88. The molecule has 0 N–H and O–H groups in total. The number of benzene rings is 2. The van der Waals surface area contributed by atoms with E-state index < -0.39 is 0 Å². The molecule has 0 saturated carbocycles. The van der Waals surface area contributed by atoms with Crippen LogP contribution in [0, 0.1) is 0 Å². The van der Waals surface area contributed by atoms with Gasteiger partial charge in [0.25, 0.3) is 5.56 Å². The normalized spacial score (nSPS) is 13.8. The average molecular weight is 398 g/mol. The lowest BCUT2D eigenvalue weighted by Crippen LogP contribution is -2.17. The number of para-hydroxylation sites is 1. The van der Waals surface area contributed by atoms with Crippen molar-refractivity contribution in [1.29, 1.82) is 0 Å². The molecule has 6 rings (SSSR count). The van der Waals surface area contributed by atoms with Crippen molar-refractivity contribution in [3.8, 4) is 17.1 Å². The summed E-state index contributed by atoms with van der Waals surface area (Å²) in [6.07, 6.45) is 4.33. The van der Waals surface area contributed by atoms with Gasteiger partial charge in [-0.3, -0.25) is 9.36 Å². The fourth-order valence-corrected chi connectivity index (χ4v) is 5.49. The van der Waals surface area contributed by atoms with Crippen LogP contribution in [-0.4, -0.2) is 19.2 Å². The standard InChI is InChI=1S/C23H18N4OS/c28-22-19-17-13-7-8-14-18(17)29-21(19)24-23-26(16-11-5-2-6-12-16)20(25-27(22)23)15-9-3-1-4-10-15/h1-6,9-12H,7-8,13-14H2. The third-order valence-corrected chi connectivity index (χ3v) is 6.79. The predicted octanol–water partition coefficient (Wildman–Crippen LogP) is 4.64. The number of fused-ring (bicyclic) bond motifs is 4. The highest BCUT2D eigenvalue weighted by atomic mass is 32.1. The second kappa shape index (κ2) is 6.39. The van der Waals surface area contributed by atoms with Crippen molar-refractivity contribution in [2.24, 2.45) is 0 Å². The Bertz CT molecular complexity index is 1410. The van der Waals surface area contributed by atoms with Crippen LogP contribution in [0.15, 0.2) is 65.5 Å². The van der Waals surface area contributed by atoms with Crippen LogP contribution in [0.4, 0.5) is 0 Å². The Balaban J connectivity index is 1.75. The van der Waals surface area contributed by atoms with Gasteiger partial charge >= 0.3 is 0 Å². The summed E-state index contributed by atoms with van der Waals surface area (Å²) < 4.78 is 3.47. The van der Waals surface area contributed by atoms with E-state index >= 15 is 0 Å². The first-order valence-corrected chi connectivity index (χ1v) is 10.7. The first kappa shape index (κ1) is 16.7. The number of thiophene rings is 1. The lowest BCUT2D eigenvalue weighted by atomic mass is 9.97. The summed E-state index contributed by atoms with van der Waals surface area (Å²) >= 11 is 1.67. The molecule has 5 aromatic rings. The monoisotopic (exact) mass is 398 g/mol. The molecule has 2 aromatic carbocycles. The maximum Gasteiger partial charge on any atom is 0.284 e. The maximum atomic E-state index is 13.5. The second-order valence-electron chi connectivity index (χ2n) is 7.38. The van der Waals surface area contributed by atoms with Crippen LogP contribution in [0.3, 0.4) is 0 Å². The van der Waals surface area contributed by atoms with Crippen LogP contribution in [0.1, 0.15) is 23.3 Å². The molecule has 6 heteroatoms. The Labute approximate surface area is 170 Å². The minimum absolute atomic E-state index is 0.0590. The Hall–Kier alpha value is -3.25. The highest BCUT2D eigenvalue weighted by Crippen LogP contribution is 2.34. The molecule has 1 aliphatic rings. The van der Waals surface area contributed by atoms with Gasteiger partial charge in [-0.15, -0.1) is 16.4 Å². The zero-order valence-electron chi connectivity index (χ0n) is 15.7. The fourth-order valence-electron chi connectivity index (χ4n) is 4.24. The van der Waals surface area contributed by atoms with E-state index in [4.69, 9.17) is 10.1 Å². The molecule has 0 aliphatic heterocycles. The van der Waals surface area contributed by atoms with E-state index in [-0.39, 0.29) is 5.56 Å². The summed E-state index contributed by atoms with van der Waals surface area (Å²) in [5, 5.41) is 5.51. The molecule has 1 aliphatic carbocycles. The quantitative estimate of drug-likeness (QED) is 0.435. The van der Waals surface area contributed by atoms with Crippen molar-refractivity contribution in [2.75, 3.05) is 0 Å². The molecule has 0 bridgehead atoms. The van der Waals surface area contributed by atoms with E-state index in [9.17, 15) is 4.79 Å². The van der Waals surface area contributed by atoms with Crippen LogP contribution < -0.4 is 5.56 Å². The zero-order chi connectivity index (χ0) is 19.4. The second-order valence-corrected chi connectivity index (χ2v) is 8.46. The van der Waals surface area contributed by atoms with E-state index in [0.29, 0.717) is 11.6 Å². The van der Waals surface area contributed by atoms with Gasteiger partial charge < -0.3 is 0 Å². The number of rotatable bonds is 2. The molecule has 0 unspecified atom stereocenters. The molecule has 0 amide bonds. The molecule has 3 heterocycles. The largest absolute Gasteiger partial charge is 0.284 e. The summed E-state index contributed by atoms with van der Waals surface area (Å²) in [4.78, 5) is 20.6. The minimum Gasteiger partial charge on any atom is -0.266 e. The minimum atomic E-state index is -0.0590. The topological polar surface area (TPSA) is 52.2 Å². The SMILES string of the molecule is O=c1c2c3c(sc2nc2n(-c4ccccc4)c(-c4ccccc4)nn12)CCCC3. The molecule has 29 heavy (non-hydrogen) atoms. The highest BCUT2D eigenvalue weighted by Gasteiger charge is 2.24. The molecule has 5 nitrogen and oxygen atoms in total. The van der Waals surface area contributed by atoms with Gasteiger partial charge in [-0.2, -0.15) is 4.52 Å². The van der Waals surface area contributed by atoms with Gasteiger partial charge in [0.2, 0.25) is 5.78 Å². The predicted molar refractivity (Wildman–Crippen MR) is 116 cm³/mol. The van der Waals surface area contributed by atoms with Crippen molar-refractivity contribution in [1.82, 2.24) is 19.2 Å². The smallest absolute Gasteiger partial charge is 0.266 e. The van der Waals surface area contributed by atoms with Gasteiger partial charge in [0.05, 0.1) is 11.1 Å². The molecule has 0 saturated heterocycles. The van der Waals surface area contributed by atoms with Crippen molar-refractivity contribution < 1.29 is 0 Å². The van der Waals surface area contributed by atoms with Crippen molar-refractivity contribution in [3.63, 3.8) is 0 Å². The van der Waals surface area contributed by atoms with Gasteiger partial charge in [0.1, 0.15) is 4.83 Å². The average Bonchev–Trinajstić information content (AvgIpc) is 3.34. The van der Waals surface area contributed by atoms with E-state index in [1.165, 1.54) is 21.4 Å². The van der Waals surface area contributed by atoms with Gasteiger partial charge in [0.15, 0.2) is 5.82 Å². The van der Waals surface area contributed by atoms with Crippen LogP contribution in [-0.2, 0) is 12.8 Å². The van der Waals surface area contributed by atoms with E-state index in [2.05, 4.69) is 0 Å². The Morgan fingerprint density at radius 3 is 2.41 bits per heavy atom. The molecule has 0 spiro atoms. The van der Waals surface area contributed by atoms with Crippen LogP contribution >= 0.6 is 11.3 Å². The molecule has 0 atom stereocenters. The molecule has 142 valence electrons. The molecular weight excluding hydrogens is 380 g/mol. The molecular formula is C23H18N4OS. The highest BCUT2D eigenvalue weighted by molar-refractivity contribution is 7.18. The fraction of sp³-hybridized carbons (Fsp3) is 0.174. The van der Waals surface area contributed by atoms with Crippen LogP contribution in [0.5, 0.6) is 0 Å². The van der Waals surface area contributed by atoms with Gasteiger partial charge in [0, 0.05) is 10.4 Å². The number of hydrogen-bond donors (Lipinski definition) is 0. The molecule has 3 aromatic heterocycles. The van der Waals surface area contributed by atoms with Gasteiger partial charge in [-0.1, -0.05) is 48.5 Å². The number of aromatic nitrogens is 4. The van der Waals surface area contributed by atoms with Crippen molar-refractivity contribution in [2.45, 2.75) is 25.7 Å². The molecule has 0 fully saturated rings. The zero-order valence-corrected chi connectivity index (χ0v) is 16.5. The van der Waals surface area contributed by atoms with Crippen LogP contribution in [0.25, 0.3) is 33.1 Å². The third-order valence-electron chi connectivity index (χ3n) is 5.60. The van der Waals surface area contributed by atoms with Crippen LogP contribution in [0.2, 0.25) is 0 Å². The molecule has 0 radical (unpaired) electrons. The Morgan fingerprint density at radius 2 is 1.62 bits per heavy atom. The number of hydrogen-bond acceptors (Lipinski definition) is 4. The van der Waals surface area contributed by atoms with E-state index in [0.717, 1.165) is 40.7 Å². The lowest BCUT2D eigenvalue weighted by Gasteiger charge is -2.09. The Kier molecular flexibility index (Phi) is 3.67. The summed E-state index contributed by atoms with van der Waals surface area (Å²) in [5.74, 6) is 1.28. The van der Waals surface area contributed by atoms with Gasteiger partial charge in [-0.25, -0.2) is 4.98 Å². The van der Waals surface area contributed by atoms with Crippen molar-refractivity contribution >= 4 is 27.3 Å². The maximum absolute atomic E-state index is 13.5. The van der Waals surface area contributed by atoms with E-state index in [1.807, 2.05) is 65.2 Å².